The number of carbonyl (C=O) groups is 1. The molecule has 2 aromatic carbocycles. The van der Waals surface area contributed by atoms with E-state index in [0.29, 0.717) is 46.0 Å². The van der Waals surface area contributed by atoms with Crippen molar-refractivity contribution in [3.8, 4) is 28.5 Å². The van der Waals surface area contributed by atoms with E-state index in [-0.39, 0.29) is 5.91 Å². The molecule has 9 nitrogen and oxygen atoms in total. The van der Waals surface area contributed by atoms with Crippen molar-refractivity contribution in [1.82, 2.24) is 29.0 Å². The first-order valence-electron chi connectivity index (χ1n) is 16.9. The van der Waals surface area contributed by atoms with Crippen LogP contribution in [0.25, 0.3) is 55.7 Å². The number of rotatable bonds is 6. The molecule has 3 fully saturated rings. The van der Waals surface area contributed by atoms with Gasteiger partial charge in [-0.05, 0) is 104 Å². The molecular formula is C38H37FN6O3. The molecule has 244 valence electrons. The van der Waals surface area contributed by atoms with Crippen LogP contribution in [-0.4, -0.2) is 54.6 Å². The van der Waals surface area contributed by atoms with E-state index < -0.39 is 11.4 Å². The Bertz CT molecular complexity index is 2380. The zero-order valence-electron chi connectivity index (χ0n) is 27.5. The molecule has 1 N–H and O–H groups in total. The molecule has 10 heteroatoms. The largest absolute Gasteiger partial charge is 0.494 e. The van der Waals surface area contributed by atoms with Crippen LogP contribution >= 0.6 is 0 Å². The van der Waals surface area contributed by atoms with Crippen molar-refractivity contribution in [3.05, 3.63) is 75.8 Å². The minimum atomic E-state index is -0.807. The van der Waals surface area contributed by atoms with Crippen LogP contribution in [0.3, 0.4) is 0 Å². The molecule has 48 heavy (non-hydrogen) atoms. The molecular weight excluding hydrogens is 607 g/mol. The van der Waals surface area contributed by atoms with E-state index in [1.54, 1.807) is 7.11 Å². The number of aryl methyl sites for hydroxylation is 2. The van der Waals surface area contributed by atoms with E-state index in [2.05, 4.69) is 38.1 Å². The number of hydrogen-bond acceptors (Lipinski definition) is 5. The number of amides is 1. The maximum atomic E-state index is 14.2. The molecule has 1 amide bonds. The van der Waals surface area contributed by atoms with Crippen molar-refractivity contribution in [3.63, 3.8) is 0 Å². The first-order chi connectivity index (χ1) is 23.2. The fourth-order valence-corrected chi connectivity index (χ4v) is 8.37. The topological polar surface area (TPSA) is 98.0 Å². The summed E-state index contributed by atoms with van der Waals surface area (Å²) in [4.78, 5) is 40.8. The number of aromatic amines is 1. The summed E-state index contributed by atoms with van der Waals surface area (Å²) in [5.41, 5.74) is 6.34. The highest BCUT2D eigenvalue weighted by atomic mass is 19.1. The summed E-state index contributed by atoms with van der Waals surface area (Å²) >= 11 is 0. The predicted molar refractivity (Wildman–Crippen MR) is 184 cm³/mol. The monoisotopic (exact) mass is 644 g/mol. The van der Waals surface area contributed by atoms with E-state index in [4.69, 9.17) is 14.7 Å². The number of carbonyl (C=O) groups excluding carboxylic acids is 1. The maximum absolute atomic E-state index is 14.2. The number of likely N-dealkylation sites (tertiary alicyclic amines) is 1. The normalized spacial score (nSPS) is 20.5. The van der Waals surface area contributed by atoms with Gasteiger partial charge in [-0.1, -0.05) is 6.92 Å². The lowest BCUT2D eigenvalue weighted by Gasteiger charge is -2.27. The van der Waals surface area contributed by atoms with Gasteiger partial charge in [-0.2, -0.15) is 0 Å². The standard InChI is InChI=1S/C38H37FN6O3/c1-19-11-24(12-25-13-27(39)37(46)42-33(19)25)28-9-7-22-15-31(44(35(22)40-28)17-21-5-6-21)36-41-29-14-26(16-32(48-4)34(29)43(36)3)38(47)45-18-23-8-10-30(45)20(23)2/h7,9,11-16,20-21,23,30H,5-6,8,10,17-18H2,1-4H3,(H,42,46)/t20-,23?,30?/m1/s1. The van der Waals surface area contributed by atoms with Crippen molar-refractivity contribution >= 4 is 38.9 Å². The predicted octanol–water partition coefficient (Wildman–Crippen LogP) is 6.84. The van der Waals surface area contributed by atoms with Gasteiger partial charge in [0.1, 0.15) is 16.9 Å². The zero-order valence-corrected chi connectivity index (χ0v) is 27.5. The Balaban J connectivity index is 1.16. The number of halogens is 1. The van der Waals surface area contributed by atoms with Crippen LogP contribution < -0.4 is 10.3 Å². The first kappa shape index (κ1) is 29.2. The van der Waals surface area contributed by atoms with Gasteiger partial charge >= 0.3 is 0 Å². The second-order valence-corrected chi connectivity index (χ2v) is 14.2. The van der Waals surface area contributed by atoms with Gasteiger partial charge in [-0.15, -0.1) is 0 Å². The third-order valence-electron chi connectivity index (χ3n) is 11.2. The smallest absolute Gasteiger partial charge is 0.284 e. The number of hydrogen-bond donors (Lipinski definition) is 1. The summed E-state index contributed by atoms with van der Waals surface area (Å²) in [5, 5.41) is 1.62. The first-order valence-corrected chi connectivity index (χ1v) is 16.9. The molecule has 2 saturated carbocycles. The molecule has 9 rings (SSSR count). The van der Waals surface area contributed by atoms with Crippen molar-refractivity contribution in [2.24, 2.45) is 24.8 Å². The highest BCUT2D eigenvalue weighted by molar-refractivity contribution is 6.00. The van der Waals surface area contributed by atoms with Gasteiger partial charge in [0.25, 0.3) is 11.5 Å². The van der Waals surface area contributed by atoms with Gasteiger partial charge in [-0.3, -0.25) is 9.59 Å². The number of ether oxygens (including phenoxy) is 1. The number of aromatic nitrogens is 5. The molecule has 3 atom stereocenters. The third-order valence-corrected chi connectivity index (χ3v) is 11.2. The van der Waals surface area contributed by atoms with Crippen LogP contribution in [0.2, 0.25) is 0 Å². The van der Waals surface area contributed by atoms with Crippen LogP contribution in [0.15, 0.2) is 53.3 Å². The highest BCUT2D eigenvalue weighted by Crippen LogP contribution is 2.44. The SMILES string of the molecule is COc1cc(C(=O)N2CC3CCC2[C@@H]3C)cc2nc(-c3cc4ccc(-c5cc(C)c6[nH]c(=O)c(F)cc6c5)nc4n3CC3CC3)n(C)c12. The Morgan fingerprint density at radius 3 is 2.60 bits per heavy atom. The maximum Gasteiger partial charge on any atom is 0.284 e. The van der Waals surface area contributed by atoms with Crippen molar-refractivity contribution in [2.45, 2.75) is 52.1 Å². The van der Waals surface area contributed by atoms with Crippen LogP contribution in [-0.2, 0) is 13.6 Å². The minimum Gasteiger partial charge on any atom is -0.494 e. The number of imidazole rings is 1. The van der Waals surface area contributed by atoms with Gasteiger partial charge in [0.2, 0.25) is 0 Å². The number of pyridine rings is 2. The van der Waals surface area contributed by atoms with Crippen LogP contribution in [0, 0.1) is 30.5 Å². The van der Waals surface area contributed by atoms with Gasteiger partial charge in [0.05, 0.1) is 29.5 Å². The number of methoxy groups -OCH3 is 1. The second kappa shape index (κ2) is 10.5. The Morgan fingerprint density at radius 1 is 1.04 bits per heavy atom. The van der Waals surface area contributed by atoms with E-state index in [1.165, 1.54) is 25.3 Å². The van der Waals surface area contributed by atoms with Gasteiger partial charge in [0.15, 0.2) is 11.6 Å². The molecule has 6 aromatic rings. The number of nitrogens with one attached hydrogen (secondary N) is 1. The Labute approximate surface area is 276 Å². The number of piperidine rings is 1. The van der Waals surface area contributed by atoms with E-state index in [1.807, 2.05) is 44.3 Å². The lowest BCUT2D eigenvalue weighted by atomic mass is 10.0. The molecule has 3 aliphatic rings. The minimum absolute atomic E-state index is 0.0547. The molecule has 1 saturated heterocycles. The molecule has 2 bridgehead atoms. The fourth-order valence-electron chi connectivity index (χ4n) is 8.37. The van der Waals surface area contributed by atoms with E-state index in [0.717, 1.165) is 69.9 Å². The second-order valence-electron chi connectivity index (χ2n) is 14.2. The lowest BCUT2D eigenvalue weighted by Crippen LogP contribution is -2.38. The van der Waals surface area contributed by atoms with Crippen molar-refractivity contribution in [1.29, 1.82) is 0 Å². The number of fused-ring (bicyclic) bond motifs is 5. The third kappa shape index (κ3) is 4.41. The molecule has 1 aliphatic heterocycles. The molecule has 5 heterocycles. The molecule has 2 unspecified atom stereocenters. The van der Waals surface area contributed by atoms with Gasteiger partial charge < -0.3 is 23.8 Å². The van der Waals surface area contributed by atoms with Gasteiger partial charge in [0, 0.05) is 48.1 Å². The summed E-state index contributed by atoms with van der Waals surface area (Å²) in [6.07, 6.45) is 4.62. The molecule has 0 spiro atoms. The summed E-state index contributed by atoms with van der Waals surface area (Å²) in [6.45, 7) is 5.82. The van der Waals surface area contributed by atoms with Crippen LogP contribution in [0.4, 0.5) is 4.39 Å². The molecule has 4 aromatic heterocycles. The van der Waals surface area contributed by atoms with Gasteiger partial charge in [-0.25, -0.2) is 14.4 Å². The average Bonchev–Trinajstić information content (AvgIpc) is 3.48. The Morgan fingerprint density at radius 2 is 1.88 bits per heavy atom. The summed E-state index contributed by atoms with van der Waals surface area (Å²) < 4.78 is 24.4. The number of H-pyrrole nitrogens is 1. The molecule has 2 aliphatic carbocycles. The highest BCUT2D eigenvalue weighted by Gasteiger charge is 2.46. The number of benzene rings is 2. The summed E-state index contributed by atoms with van der Waals surface area (Å²) in [7, 11) is 3.64. The van der Waals surface area contributed by atoms with Crippen LogP contribution in [0.5, 0.6) is 5.75 Å². The zero-order chi connectivity index (χ0) is 33.0. The van der Waals surface area contributed by atoms with Crippen LogP contribution in [0.1, 0.15) is 48.5 Å². The van der Waals surface area contributed by atoms with Crippen molar-refractivity contribution in [2.75, 3.05) is 13.7 Å². The number of nitrogens with zero attached hydrogens (tertiary/aromatic N) is 5. The average molecular weight is 645 g/mol. The molecule has 0 radical (unpaired) electrons. The van der Waals surface area contributed by atoms with Crippen molar-refractivity contribution < 1.29 is 13.9 Å². The van der Waals surface area contributed by atoms with E-state index >= 15 is 0 Å². The van der Waals surface area contributed by atoms with E-state index in [9.17, 15) is 14.0 Å². The summed E-state index contributed by atoms with van der Waals surface area (Å²) in [6, 6.07) is 15.4. The Kier molecular flexibility index (Phi) is 6.38. The quantitative estimate of drug-likeness (QED) is 0.214. The Hall–Kier alpha value is -4.99. The fraction of sp³-hybridized carbons (Fsp3) is 0.368. The lowest BCUT2D eigenvalue weighted by molar-refractivity contribution is 0.0696. The summed E-state index contributed by atoms with van der Waals surface area (Å²) in [5.74, 6) is 2.36.